The van der Waals surface area contributed by atoms with Crippen molar-refractivity contribution in [2.24, 2.45) is 0 Å². The van der Waals surface area contributed by atoms with Gasteiger partial charge in [0.15, 0.2) is 0 Å². The molecule has 0 bridgehead atoms. The van der Waals surface area contributed by atoms with Gasteiger partial charge < -0.3 is 21.2 Å². The van der Waals surface area contributed by atoms with E-state index in [0.717, 1.165) is 71.8 Å². The lowest BCUT2D eigenvalue weighted by molar-refractivity contribution is -0.144. The molecule has 7 aromatic rings. The lowest BCUT2D eigenvalue weighted by atomic mass is 9.92. The Labute approximate surface area is 354 Å². The quantitative estimate of drug-likeness (QED) is 0.0548. The smallest absolute Gasteiger partial charge is 0.306 e. The van der Waals surface area contributed by atoms with E-state index in [1.54, 1.807) is 18.2 Å². The number of esters is 1. The number of hydrogen-bond donors (Lipinski definition) is 3. The van der Waals surface area contributed by atoms with E-state index < -0.39 is 0 Å². The number of ether oxygens (including phenoxy) is 1. The molecule has 1 aliphatic rings. The molecule has 0 atom stereocenters. The van der Waals surface area contributed by atoms with Gasteiger partial charge in [-0.15, -0.1) is 0 Å². The minimum atomic E-state index is -0.265. The second-order valence-corrected chi connectivity index (χ2v) is 16.8. The molecule has 0 amide bonds. The summed E-state index contributed by atoms with van der Waals surface area (Å²) < 4.78 is 5.66. The maximum absolute atomic E-state index is 13.1. The van der Waals surface area contributed by atoms with E-state index in [1.165, 1.54) is 66.8 Å². The molecule has 0 radical (unpaired) electrons. The number of H-pyrrole nitrogens is 1. The molecule has 0 spiro atoms. The van der Waals surface area contributed by atoms with Crippen LogP contribution >= 0.6 is 0 Å². The zero-order valence-electron chi connectivity index (χ0n) is 35.2. The van der Waals surface area contributed by atoms with Gasteiger partial charge in [0, 0.05) is 34.4 Å². The molecule has 5 heteroatoms. The van der Waals surface area contributed by atoms with E-state index in [0.29, 0.717) is 17.8 Å². The molecule has 1 aliphatic carbocycles. The molecule has 0 unspecified atom stereocenters. The summed E-state index contributed by atoms with van der Waals surface area (Å²) in [5.41, 5.74) is 34.3. The molecule has 6 aromatic carbocycles. The number of hydrogen-bond acceptors (Lipinski definition) is 4. The number of aryl methyl sites for hydroxylation is 5. The van der Waals surface area contributed by atoms with E-state index in [-0.39, 0.29) is 19.0 Å². The summed E-state index contributed by atoms with van der Waals surface area (Å²) in [6.07, 6.45) is 6.49. The third-order valence-corrected chi connectivity index (χ3v) is 11.9. The average molecular weight is 790 g/mol. The van der Waals surface area contributed by atoms with Gasteiger partial charge in [0.05, 0.1) is 0 Å². The van der Waals surface area contributed by atoms with Crippen LogP contribution in [0.4, 0.5) is 11.4 Å². The Kier molecular flexibility index (Phi) is 11.9. The van der Waals surface area contributed by atoms with Crippen molar-refractivity contribution in [1.29, 1.82) is 0 Å². The number of carbonyl (C=O) groups excluding carboxylic acids is 1. The van der Waals surface area contributed by atoms with Crippen LogP contribution in [0.5, 0.6) is 0 Å². The maximum Gasteiger partial charge on any atom is 0.306 e. The molecule has 0 saturated carbocycles. The molecule has 60 heavy (non-hydrogen) atoms. The first kappa shape index (κ1) is 40.2. The number of nitrogen functional groups attached to an aromatic ring is 2. The van der Waals surface area contributed by atoms with E-state index in [4.69, 9.17) is 16.2 Å². The molecule has 0 aliphatic heterocycles. The molecular formula is C55H55N3O2. The Hall–Kier alpha value is -6.59. The second kappa shape index (κ2) is 17.7. The van der Waals surface area contributed by atoms with Crippen LogP contribution in [-0.4, -0.2) is 11.0 Å². The summed E-state index contributed by atoms with van der Waals surface area (Å²) in [5, 5.41) is 1.13. The number of aromatic nitrogens is 1. The number of nitrogens with one attached hydrogen (secondary N) is 1. The van der Waals surface area contributed by atoms with Gasteiger partial charge in [-0.2, -0.15) is 0 Å². The van der Waals surface area contributed by atoms with Gasteiger partial charge in [-0.3, -0.25) is 4.79 Å². The highest BCUT2D eigenvalue weighted by Gasteiger charge is 2.23. The lowest BCUT2D eigenvalue weighted by Crippen LogP contribution is -2.07. The van der Waals surface area contributed by atoms with Crippen LogP contribution in [0.15, 0.2) is 140 Å². The monoisotopic (exact) mass is 789 g/mol. The van der Waals surface area contributed by atoms with Crippen molar-refractivity contribution < 1.29 is 9.53 Å². The van der Waals surface area contributed by atoms with Crippen molar-refractivity contribution >= 4 is 39.4 Å². The number of carbonyl (C=O) groups is 1. The molecule has 0 fully saturated rings. The second-order valence-electron chi connectivity index (χ2n) is 16.8. The number of nitrogens with two attached hydrogens (primary N) is 2. The zero-order chi connectivity index (χ0) is 41.8. The molecule has 302 valence electrons. The van der Waals surface area contributed by atoms with Crippen molar-refractivity contribution in [3.63, 3.8) is 0 Å². The van der Waals surface area contributed by atoms with E-state index in [9.17, 15) is 4.79 Å². The van der Waals surface area contributed by atoms with Crippen LogP contribution in [0.2, 0.25) is 0 Å². The lowest BCUT2D eigenvalue weighted by Gasteiger charge is -2.13. The fourth-order valence-corrected chi connectivity index (χ4v) is 8.95. The largest absolute Gasteiger partial charge is 0.461 e. The van der Waals surface area contributed by atoms with Gasteiger partial charge >= 0.3 is 5.97 Å². The first-order valence-corrected chi connectivity index (χ1v) is 21.2. The highest BCUT2D eigenvalue weighted by atomic mass is 16.5. The van der Waals surface area contributed by atoms with Gasteiger partial charge in [-0.25, -0.2) is 0 Å². The van der Waals surface area contributed by atoms with E-state index >= 15 is 0 Å². The number of anilines is 2. The first-order chi connectivity index (χ1) is 29.1. The molecule has 1 heterocycles. The van der Waals surface area contributed by atoms with Crippen molar-refractivity contribution in [3.8, 4) is 11.3 Å². The number of benzene rings is 6. The van der Waals surface area contributed by atoms with Crippen LogP contribution in [0.25, 0.3) is 33.3 Å². The number of allylic oxidation sites excluding steroid dienone is 3. The van der Waals surface area contributed by atoms with Crippen molar-refractivity contribution in [3.05, 3.63) is 201 Å². The van der Waals surface area contributed by atoms with Gasteiger partial charge in [0.25, 0.3) is 0 Å². The summed E-state index contributed by atoms with van der Waals surface area (Å²) >= 11 is 0. The Morgan fingerprint density at radius 3 is 2.18 bits per heavy atom. The van der Waals surface area contributed by atoms with Gasteiger partial charge in [0.2, 0.25) is 0 Å². The fourth-order valence-electron chi connectivity index (χ4n) is 8.95. The number of fused-ring (bicyclic) bond motifs is 2. The van der Waals surface area contributed by atoms with Crippen molar-refractivity contribution in [1.82, 2.24) is 4.98 Å². The molecule has 0 saturated heterocycles. The van der Waals surface area contributed by atoms with Crippen LogP contribution in [0.1, 0.15) is 86.9 Å². The maximum atomic E-state index is 13.1. The van der Waals surface area contributed by atoms with Crippen molar-refractivity contribution in [2.75, 3.05) is 11.5 Å². The number of rotatable bonds is 15. The zero-order valence-corrected chi connectivity index (χ0v) is 35.2. The summed E-state index contributed by atoms with van der Waals surface area (Å²) in [7, 11) is 0. The third-order valence-electron chi connectivity index (χ3n) is 11.9. The number of aromatic amines is 1. The Bertz CT molecular complexity index is 2720. The molecule has 5 nitrogen and oxygen atoms in total. The topological polar surface area (TPSA) is 94.1 Å². The van der Waals surface area contributed by atoms with Crippen molar-refractivity contribution in [2.45, 2.75) is 78.7 Å². The fraction of sp³-hybridized carbons (Fsp3) is 0.218. The minimum absolute atomic E-state index is 0.132. The summed E-state index contributed by atoms with van der Waals surface area (Å²) in [6, 6.07) is 45.1. The van der Waals surface area contributed by atoms with Crippen LogP contribution < -0.4 is 11.5 Å². The molecule has 8 rings (SSSR count). The normalized spacial score (nSPS) is 12.2. The molecule has 5 N–H and O–H groups in total. The predicted molar refractivity (Wildman–Crippen MR) is 251 cm³/mol. The van der Waals surface area contributed by atoms with E-state index in [2.05, 4.69) is 135 Å². The van der Waals surface area contributed by atoms with Crippen LogP contribution in [0.3, 0.4) is 0 Å². The van der Waals surface area contributed by atoms with Crippen LogP contribution in [0, 0.1) is 20.8 Å². The van der Waals surface area contributed by atoms with Gasteiger partial charge in [-0.05, 0) is 145 Å². The van der Waals surface area contributed by atoms with Gasteiger partial charge in [0.1, 0.15) is 6.61 Å². The van der Waals surface area contributed by atoms with Crippen LogP contribution in [-0.2, 0) is 41.8 Å². The summed E-state index contributed by atoms with van der Waals surface area (Å²) in [6.45, 7) is 11.3. The summed E-state index contributed by atoms with van der Waals surface area (Å²) in [4.78, 5) is 16.9. The Morgan fingerprint density at radius 1 is 0.667 bits per heavy atom. The third kappa shape index (κ3) is 9.32. The van der Waals surface area contributed by atoms with Gasteiger partial charge in [-0.1, -0.05) is 138 Å². The number of para-hydroxylation sites is 1. The Balaban J connectivity index is 0.963. The first-order valence-electron chi connectivity index (χ1n) is 21.2. The Morgan fingerprint density at radius 2 is 1.40 bits per heavy atom. The summed E-state index contributed by atoms with van der Waals surface area (Å²) in [5.74, 6) is -0.265. The van der Waals surface area contributed by atoms with E-state index in [1.807, 2.05) is 6.07 Å². The SMILES string of the molecule is C=C(CCC1=C(c2ccc(C)cc2)Cc2ccc(C)cc21)CCc1cc(C)cc(Cc2cccc3c(CCC(=O)OCc4cc(N)cc(N)c4)c(-c4ccccc4)[nH]c23)c1. The predicted octanol–water partition coefficient (Wildman–Crippen LogP) is 12.6. The highest BCUT2D eigenvalue weighted by molar-refractivity contribution is 5.97. The standard InChI is InChI=1S/C55H55N3O2/c1-35(17-22-48-51-27-37(3)16-21-44(51)32-52(48)42-19-14-36(2)15-20-42)13-18-39-25-38(4)26-40(28-39)29-45-11-8-12-49-50(54(58-55(45)49)43-9-6-5-7-10-43)23-24-53(59)60-34-41-30-46(56)33-47(57)31-41/h5-12,14-16,19-21,25-28,30-31,33,58H,1,13,17-18,22-24,29,32,34,56-57H2,2-4H3. The molecule has 1 aromatic heterocycles. The molecular weight excluding hydrogens is 735 g/mol. The highest BCUT2D eigenvalue weighted by Crippen LogP contribution is 2.42. The average Bonchev–Trinajstić information content (AvgIpc) is 3.79. The minimum Gasteiger partial charge on any atom is -0.461 e.